The van der Waals surface area contributed by atoms with E-state index in [-0.39, 0.29) is 42.5 Å². The topological polar surface area (TPSA) is 192 Å². The molecule has 0 radical (unpaired) electrons. The van der Waals surface area contributed by atoms with E-state index in [0.29, 0.717) is 29.7 Å². The van der Waals surface area contributed by atoms with E-state index in [2.05, 4.69) is 4.99 Å². The predicted molar refractivity (Wildman–Crippen MR) is 124 cm³/mol. The summed E-state index contributed by atoms with van der Waals surface area (Å²) in [6.45, 7) is 0.183. The predicted octanol–water partition coefficient (Wildman–Crippen LogP) is 2.27. The number of aliphatic imine (C=N–C) groups is 1. The fourth-order valence-corrected chi connectivity index (χ4v) is 3.71. The highest BCUT2D eigenvalue weighted by Crippen LogP contribution is 2.35. The quantitative estimate of drug-likeness (QED) is 0.142. The third kappa shape index (κ3) is 6.56. The van der Waals surface area contributed by atoms with E-state index in [4.69, 9.17) is 26.0 Å². The minimum atomic E-state index is -1.27. The Balaban J connectivity index is 1.90. The van der Waals surface area contributed by atoms with E-state index in [1.807, 2.05) is 0 Å². The molecule has 1 heterocycles. The molecular formula is C24H25N3O8. The van der Waals surface area contributed by atoms with Gasteiger partial charge in [0.25, 0.3) is 0 Å². The van der Waals surface area contributed by atoms with Gasteiger partial charge in [-0.05, 0) is 55.2 Å². The highest BCUT2D eigenvalue weighted by Gasteiger charge is 2.27. The lowest BCUT2D eigenvalue weighted by Crippen LogP contribution is -2.22. The van der Waals surface area contributed by atoms with Crippen LogP contribution in [-0.2, 0) is 16.0 Å². The Hall–Kier alpha value is -4.41. The van der Waals surface area contributed by atoms with Crippen LogP contribution in [0.25, 0.3) is 0 Å². The van der Waals surface area contributed by atoms with E-state index in [0.717, 1.165) is 0 Å². The summed E-state index contributed by atoms with van der Waals surface area (Å²) in [5.41, 5.74) is 12.4. The average molecular weight is 483 g/mol. The van der Waals surface area contributed by atoms with Crippen molar-refractivity contribution in [1.82, 2.24) is 0 Å². The number of aryl methyl sites for hydroxylation is 1. The van der Waals surface area contributed by atoms with E-state index in [9.17, 15) is 24.3 Å². The number of hydrogen-bond acceptors (Lipinski definition) is 7. The maximum atomic E-state index is 13.0. The van der Waals surface area contributed by atoms with Gasteiger partial charge in [-0.25, -0.2) is 9.79 Å². The van der Waals surface area contributed by atoms with Crippen molar-refractivity contribution < 1.29 is 38.9 Å². The highest BCUT2D eigenvalue weighted by atomic mass is 16.6. The average Bonchev–Trinajstić information content (AvgIpc) is 2.79. The molecule has 0 unspecified atom stereocenters. The van der Waals surface area contributed by atoms with E-state index in [1.54, 1.807) is 18.2 Å². The second kappa shape index (κ2) is 11.1. The Kier molecular flexibility index (Phi) is 8.03. The molecule has 0 bridgehead atoms. The maximum Gasteiger partial charge on any atom is 0.343 e. The Bertz CT molecular complexity index is 1190. The number of Topliss-reactive ketones (excluding diaryl/α,β-unsaturated/α-hetero) is 1. The molecule has 0 saturated heterocycles. The molecule has 1 aliphatic rings. The van der Waals surface area contributed by atoms with Gasteiger partial charge < -0.3 is 31.2 Å². The van der Waals surface area contributed by atoms with Crippen LogP contribution in [0.3, 0.4) is 0 Å². The van der Waals surface area contributed by atoms with Crippen LogP contribution in [0.15, 0.2) is 41.4 Å². The van der Waals surface area contributed by atoms with Crippen molar-refractivity contribution >= 4 is 35.3 Å². The number of ether oxygens (including phenoxy) is 2. The van der Waals surface area contributed by atoms with E-state index < -0.39 is 36.0 Å². The Morgan fingerprint density at radius 3 is 2.57 bits per heavy atom. The zero-order valence-electron chi connectivity index (χ0n) is 18.7. The molecule has 0 amide bonds. The molecule has 0 aromatic heterocycles. The molecular weight excluding hydrogens is 458 g/mol. The van der Waals surface area contributed by atoms with Gasteiger partial charge in [0.05, 0.1) is 29.3 Å². The third-order valence-corrected chi connectivity index (χ3v) is 5.37. The van der Waals surface area contributed by atoms with Gasteiger partial charge in [-0.3, -0.25) is 14.4 Å². The van der Waals surface area contributed by atoms with E-state index in [1.165, 1.54) is 18.2 Å². The van der Waals surface area contributed by atoms with Crippen LogP contribution in [0.5, 0.6) is 11.5 Å². The molecule has 0 fully saturated rings. The summed E-state index contributed by atoms with van der Waals surface area (Å²) in [5.74, 6) is -4.89. The van der Waals surface area contributed by atoms with Crippen LogP contribution >= 0.6 is 0 Å². The number of esters is 1. The molecule has 2 aromatic rings. The van der Waals surface area contributed by atoms with Crippen LogP contribution < -0.4 is 20.9 Å². The van der Waals surface area contributed by atoms with Gasteiger partial charge in [0, 0.05) is 12.8 Å². The van der Waals surface area contributed by atoms with Crippen molar-refractivity contribution in [3.05, 3.63) is 53.1 Å². The summed E-state index contributed by atoms with van der Waals surface area (Å²) in [7, 11) is 0. The van der Waals surface area contributed by atoms with Crippen LogP contribution in [-0.4, -0.2) is 46.5 Å². The van der Waals surface area contributed by atoms with Crippen molar-refractivity contribution in [2.45, 2.75) is 32.1 Å². The summed E-state index contributed by atoms with van der Waals surface area (Å²) in [6, 6.07) is 9.22. The first-order chi connectivity index (χ1) is 16.7. The number of rotatable bonds is 8. The lowest BCUT2D eigenvalue weighted by Gasteiger charge is -2.19. The molecule has 2 aromatic carbocycles. The normalized spacial score (nSPS) is 13.8. The molecule has 11 nitrogen and oxygen atoms in total. The van der Waals surface area contributed by atoms with Crippen LogP contribution in [0.2, 0.25) is 0 Å². The number of nitrogens with zero attached hydrogens (tertiary/aromatic N) is 1. The second-order valence-corrected chi connectivity index (χ2v) is 7.95. The minimum Gasteiger partial charge on any atom is -0.489 e. The first-order valence-corrected chi connectivity index (χ1v) is 10.8. The smallest absolute Gasteiger partial charge is 0.343 e. The fraction of sp³-hybridized carbons (Fsp3) is 0.292. The first kappa shape index (κ1) is 25.2. The number of para-hydroxylation sites is 1. The largest absolute Gasteiger partial charge is 0.489 e. The summed E-state index contributed by atoms with van der Waals surface area (Å²) in [4.78, 5) is 52.2. The van der Waals surface area contributed by atoms with Crippen LogP contribution in [0.1, 0.15) is 52.0 Å². The zero-order chi connectivity index (χ0) is 25.5. The van der Waals surface area contributed by atoms with Crippen molar-refractivity contribution in [3.8, 4) is 11.5 Å². The SMILES string of the molecule is NC(N)=Nc1ccc2c(c1)CCCOc1c(cccc1C(=O)C[C@@H](CCC(=O)O)C(=O)O)OC2=O. The zero-order valence-corrected chi connectivity index (χ0v) is 18.7. The number of carboxylic acid groups (broad SMARTS) is 2. The molecule has 0 spiro atoms. The number of benzene rings is 2. The lowest BCUT2D eigenvalue weighted by molar-refractivity contribution is -0.142. The molecule has 6 N–H and O–H groups in total. The van der Waals surface area contributed by atoms with Gasteiger partial charge in [0.15, 0.2) is 23.2 Å². The summed E-state index contributed by atoms with van der Waals surface area (Å²) in [5, 5.41) is 18.2. The molecule has 11 heteroatoms. The van der Waals surface area contributed by atoms with Crippen molar-refractivity contribution in [3.63, 3.8) is 0 Å². The van der Waals surface area contributed by atoms with Crippen molar-refractivity contribution in [2.75, 3.05) is 6.61 Å². The van der Waals surface area contributed by atoms with Gasteiger partial charge in [0.1, 0.15) is 0 Å². The molecule has 184 valence electrons. The molecule has 0 saturated carbocycles. The summed E-state index contributed by atoms with van der Waals surface area (Å²) < 4.78 is 11.4. The fourth-order valence-electron chi connectivity index (χ4n) is 3.71. The van der Waals surface area contributed by atoms with Crippen LogP contribution in [0, 0.1) is 5.92 Å². The number of carbonyl (C=O) groups excluding carboxylic acids is 2. The van der Waals surface area contributed by atoms with Crippen LogP contribution in [0.4, 0.5) is 5.69 Å². The molecule has 1 atom stereocenters. The standard InChI is InChI=1S/C24H25N3O8/c25-24(26)27-15-7-8-16-13(11-15)3-2-10-34-21-17(4-1-5-19(21)35-23(16)33)18(28)12-14(22(31)32)6-9-20(29)30/h1,4-5,7-8,11,14H,2-3,6,9-10,12H2,(H,29,30)(H,31,32)(H4,25,26,27)/t14-/m1/s1. The van der Waals surface area contributed by atoms with Crippen molar-refractivity contribution in [1.29, 1.82) is 0 Å². The number of guanidine groups is 1. The van der Waals surface area contributed by atoms with Gasteiger partial charge in [0.2, 0.25) is 0 Å². The number of ketones is 1. The number of aliphatic carboxylic acids is 2. The molecule has 3 rings (SSSR count). The van der Waals surface area contributed by atoms with Gasteiger partial charge >= 0.3 is 17.9 Å². The van der Waals surface area contributed by atoms with Gasteiger partial charge in [-0.1, -0.05) is 6.07 Å². The summed E-state index contributed by atoms with van der Waals surface area (Å²) >= 11 is 0. The van der Waals surface area contributed by atoms with Gasteiger partial charge in [-0.2, -0.15) is 0 Å². The number of carboxylic acids is 2. The number of nitrogens with two attached hydrogens (primary N) is 2. The van der Waals surface area contributed by atoms with Crippen molar-refractivity contribution in [2.24, 2.45) is 22.4 Å². The number of fused-ring (bicyclic) bond motifs is 2. The maximum absolute atomic E-state index is 13.0. The molecule has 35 heavy (non-hydrogen) atoms. The Labute approximate surface area is 200 Å². The third-order valence-electron chi connectivity index (χ3n) is 5.37. The molecule has 0 aliphatic carbocycles. The summed E-state index contributed by atoms with van der Waals surface area (Å²) in [6.07, 6.45) is -0.0634. The van der Waals surface area contributed by atoms with Gasteiger partial charge in [-0.15, -0.1) is 0 Å². The Morgan fingerprint density at radius 2 is 1.89 bits per heavy atom. The molecule has 1 aliphatic heterocycles. The highest BCUT2D eigenvalue weighted by molar-refractivity contribution is 6.01. The lowest BCUT2D eigenvalue weighted by atomic mass is 9.93. The monoisotopic (exact) mass is 483 g/mol. The van der Waals surface area contributed by atoms with E-state index >= 15 is 0 Å². The first-order valence-electron chi connectivity index (χ1n) is 10.8. The second-order valence-electron chi connectivity index (χ2n) is 7.95. The number of hydrogen-bond donors (Lipinski definition) is 4. The minimum absolute atomic E-state index is 0.0133. The number of carbonyl (C=O) groups is 4. The Morgan fingerprint density at radius 1 is 1.11 bits per heavy atom.